The van der Waals surface area contributed by atoms with Crippen LogP contribution in [-0.2, 0) is 25.8 Å². The summed E-state index contributed by atoms with van der Waals surface area (Å²) in [5.74, 6) is 1.60. The van der Waals surface area contributed by atoms with Gasteiger partial charge in [-0.1, -0.05) is 55.1 Å². The highest BCUT2D eigenvalue weighted by Gasteiger charge is 2.23. The number of aryl methyl sites for hydroxylation is 1. The van der Waals surface area contributed by atoms with Crippen molar-refractivity contribution in [3.05, 3.63) is 69.2 Å². The number of benzene rings is 1. The Hall–Kier alpha value is -1.85. The summed E-state index contributed by atoms with van der Waals surface area (Å²) in [4.78, 5) is 20.1. The number of allylic oxidation sites excluding steroid dienone is 1. The summed E-state index contributed by atoms with van der Waals surface area (Å²) in [5.41, 5.74) is 3.14. The third kappa shape index (κ3) is 3.76. The fourth-order valence-corrected chi connectivity index (χ4v) is 6.13. The van der Waals surface area contributed by atoms with Gasteiger partial charge in [0, 0.05) is 22.7 Å². The summed E-state index contributed by atoms with van der Waals surface area (Å²) in [5, 5.41) is 0.935. The highest BCUT2D eigenvalue weighted by molar-refractivity contribution is 7.99. The molecule has 0 fully saturated rings. The van der Waals surface area contributed by atoms with Gasteiger partial charge in [-0.25, -0.2) is 4.98 Å². The molecule has 0 saturated carbocycles. The fourth-order valence-electron chi connectivity index (χ4n) is 3.65. The van der Waals surface area contributed by atoms with Gasteiger partial charge in [-0.2, -0.15) is 0 Å². The van der Waals surface area contributed by atoms with Crippen molar-refractivity contribution in [1.82, 2.24) is 9.55 Å². The molecule has 0 amide bonds. The van der Waals surface area contributed by atoms with E-state index >= 15 is 0 Å². The van der Waals surface area contributed by atoms with Gasteiger partial charge in [0.15, 0.2) is 5.16 Å². The molecule has 0 N–H and O–H groups in total. The maximum atomic E-state index is 13.0. The van der Waals surface area contributed by atoms with E-state index in [4.69, 9.17) is 4.98 Å². The standard InChI is InChI=1S/C22H24N2OS2/c1-3-12-24-21-19(20(25)17-10-9-15(2)14-18(17)27-21)23-22(24)26-13-11-16-7-5-4-6-8-16/h3-8,15H,1,9-14H2,2H3. The van der Waals surface area contributed by atoms with E-state index in [-0.39, 0.29) is 5.43 Å². The van der Waals surface area contributed by atoms with Gasteiger partial charge in [0.2, 0.25) is 5.43 Å². The molecule has 1 aliphatic rings. The van der Waals surface area contributed by atoms with Gasteiger partial charge in [0.25, 0.3) is 0 Å². The van der Waals surface area contributed by atoms with Crippen molar-refractivity contribution in [2.75, 3.05) is 5.75 Å². The molecule has 27 heavy (non-hydrogen) atoms. The molecular weight excluding hydrogens is 372 g/mol. The van der Waals surface area contributed by atoms with Gasteiger partial charge in [-0.15, -0.1) is 17.9 Å². The number of nitrogens with zero attached hydrogens (tertiary/aromatic N) is 2. The van der Waals surface area contributed by atoms with Crippen molar-refractivity contribution >= 4 is 33.4 Å². The van der Waals surface area contributed by atoms with Gasteiger partial charge in [-0.3, -0.25) is 4.79 Å². The maximum absolute atomic E-state index is 13.0. The lowest BCUT2D eigenvalue weighted by Crippen LogP contribution is -2.19. The highest BCUT2D eigenvalue weighted by Crippen LogP contribution is 2.33. The molecule has 1 atom stereocenters. The molecule has 1 unspecified atom stereocenters. The summed E-state index contributed by atoms with van der Waals surface area (Å²) in [6, 6.07) is 10.5. The molecule has 4 rings (SSSR count). The molecule has 140 valence electrons. The number of hydrogen-bond donors (Lipinski definition) is 0. The van der Waals surface area contributed by atoms with E-state index in [1.165, 1.54) is 10.4 Å². The molecule has 0 radical (unpaired) electrons. The Morgan fingerprint density at radius 3 is 2.96 bits per heavy atom. The molecular formula is C22H24N2OS2. The largest absolute Gasteiger partial charge is 0.307 e. The quantitative estimate of drug-likeness (QED) is 0.429. The van der Waals surface area contributed by atoms with Crippen molar-refractivity contribution in [2.45, 2.75) is 44.3 Å². The lowest BCUT2D eigenvalue weighted by molar-refractivity contribution is 0.505. The molecule has 1 aliphatic carbocycles. The van der Waals surface area contributed by atoms with Crippen molar-refractivity contribution in [3.8, 4) is 0 Å². The molecule has 0 aliphatic heterocycles. The van der Waals surface area contributed by atoms with Crippen LogP contribution in [0.25, 0.3) is 10.3 Å². The van der Waals surface area contributed by atoms with Crippen LogP contribution >= 0.6 is 23.1 Å². The van der Waals surface area contributed by atoms with Gasteiger partial charge >= 0.3 is 0 Å². The molecule has 0 saturated heterocycles. The zero-order valence-electron chi connectivity index (χ0n) is 15.6. The Morgan fingerprint density at radius 1 is 1.37 bits per heavy atom. The summed E-state index contributed by atoms with van der Waals surface area (Å²) in [6.45, 7) is 6.86. The topological polar surface area (TPSA) is 34.9 Å². The molecule has 3 nitrogen and oxygen atoms in total. The highest BCUT2D eigenvalue weighted by atomic mass is 32.2. The predicted octanol–water partition coefficient (Wildman–Crippen LogP) is 5.10. The number of rotatable bonds is 6. The fraction of sp³-hybridized carbons (Fsp3) is 0.364. The number of hydrogen-bond acceptors (Lipinski definition) is 4. The summed E-state index contributed by atoms with van der Waals surface area (Å²) >= 11 is 3.50. The zero-order valence-corrected chi connectivity index (χ0v) is 17.2. The average Bonchev–Trinajstić information content (AvgIpc) is 3.01. The molecule has 2 aromatic heterocycles. The van der Waals surface area contributed by atoms with Gasteiger partial charge in [0.1, 0.15) is 10.3 Å². The summed E-state index contributed by atoms with van der Waals surface area (Å²) < 4.78 is 2.17. The normalized spacial score (nSPS) is 16.4. The van der Waals surface area contributed by atoms with Crippen molar-refractivity contribution < 1.29 is 0 Å². The third-order valence-corrected chi connectivity index (χ3v) is 7.37. The first-order chi connectivity index (χ1) is 13.2. The van der Waals surface area contributed by atoms with E-state index < -0.39 is 0 Å². The van der Waals surface area contributed by atoms with E-state index in [9.17, 15) is 4.79 Å². The lowest BCUT2D eigenvalue weighted by atomic mass is 9.90. The molecule has 2 heterocycles. The number of imidazole rings is 1. The van der Waals surface area contributed by atoms with Gasteiger partial charge in [0.05, 0.1) is 0 Å². The third-order valence-electron chi connectivity index (χ3n) is 5.13. The van der Waals surface area contributed by atoms with E-state index in [1.807, 2.05) is 12.1 Å². The monoisotopic (exact) mass is 396 g/mol. The van der Waals surface area contributed by atoms with Crippen LogP contribution in [0.4, 0.5) is 0 Å². The number of aromatic nitrogens is 2. The second-order valence-electron chi connectivity index (χ2n) is 7.21. The van der Waals surface area contributed by atoms with Gasteiger partial charge < -0.3 is 4.57 Å². The Labute approximate surface area is 168 Å². The van der Waals surface area contributed by atoms with Crippen molar-refractivity contribution in [2.24, 2.45) is 5.92 Å². The van der Waals surface area contributed by atoms with Crippen LogP contribution in [0.1, 0.15) is 29.3 Å². The van der Waals surface area contributed by atoms with Gasteiger partial charge in [-0.05, 0) is 37.2 Å². The first-order valence-electron chi connectivity index (χ1n) is 9.50. The minimum absolute atomic E-state index is 0.151. The lowest BCUT2D eigenvalue weighted by Gasteiger charge is -2.19. The van der Waals surface area contributed by atoms with E-state index in [2.05, 4.69) is 42.3 Å². The summed E-state index contributed by atoms with van der Waals surface area (Å²) in [6.07, 6.45) is 5.89. The van der Waals surface area contributed by atoms with E-state index in [1.54, 1.807) is 23.1 Å². The molecule has 0 bridgehead atoms. The number of thioether (sulfide) groups is 1. The maximum Gasteiger partial charge on any atom is 0.211 e. The van der Waals surface area contributed by atoms with Crippen LogP contribution < -0.4 is 5.43 Å². The summed E-state index contributed by atoms with van der Waals surface area (Å²) in [7, 11) is 0. The second kappa shape index (κ2) is 8.03. The van der Waals surface area contributed by atoms with Crippen molar-refractivity contribution in [3.63, 3.8) is 0 Å². The van der Waals surface area contributed by atoms with Crippen LogP contribution in [0.3, 0.4) is 0 Å². The molecule has 0 spiro atoms. The Bertz CT molecular complexity index is 1020. The predicted molar refractivity (Wildman–Crippen MR) is 116 cm³/mol. The van der Waals surface area contributed by atoms with Crippen LogP contribution in [0.5, 0.6) is 0 Å². The SMILES string of the molecule is C=CCn1c(SCCc2ccccc2)nc2c(=O)c3c(sc21)CC(C)CC3. The smallest absolute Gasteiger partial charge is 0.211 e. The molecule has 5 heteroatoms. The number of fused-ring (bicyclic) bond motifs is 2. The van der Waals surface area contributed by atoms with E-state index in [0.29, 0.717) is 18.0 Å². The zero-order chi connectivity index (χ0) is 18.8. The minimum Gasteiger partial charge on any atom is -0.307 e. The second-order valence-corrected chi connectivity index (χ2v) is 9.36. The Balaban J connectivity index is 1.67. The molecule has 3 aromatic rings. The van der Waals surface area contributed by atoms with Crippen molar-refractivity contribution in [1.29, 1.82) is 0 Å². The Kier molecular flexibility index (Phi) is 5.50. The van der Waals surface area contributed by atoms with E-state index in [0.717, 1.165) is 47.0 Å². The van der Waals surface area contributed by atoms with Crippen LogP contribution in [-0.4, -0.2) is 15.3 Å². The van der Waals surface area contributed by atoms with Crippen LogP contribution in [0, 0.1) is 5.92 Å². The average molecular weight is 397 g/mol. The first-order valence-corrected chi connectivity index (χ1v) is 11.3. The van der Waals surface area contributed by atoms with Crippen LogP contribution in [0.15, 0.2) is 52.9 Å². The molecule has 1 aromatic carbocycles. The first kappa shape index (κ1) is 18.5. The minimum atomic E-state index is 0.151. The Morgan fingerprint density at radius 2 is 2.19 bits per heavy atom. The van der Waals surface area contributed by atoms with Crippen LogP contribution in [0.2, 0.25) is 0 Å².